The minimum Gasteiger partial charge on any atom is -0.379 e. The van der Waals surface area contributed by atoms with Crippen molar-refractivity contribution >= 4 is 0 Å². The molecule has 0 unspecified atom stereocenters. The second-order valence-corrected chi connectivity index (χ2v) is 14.6. The summed E-state index contributed by atoms with van der Waals surface area (Å²) in [5.74, 6) is -0.513. The fourth-order valence-corrected chi connectivity index (χ4v) is 6.57. The van der Waals surface area contributed by atoms with Crippen molar-refractivity contribution < 1.29 is 14.2 Å². The Kier molecular flexibility index (Phi) is 33.2. The zero-order valence-electron chi connectivity index (χ0n) is 32.2. The molecule has 1 rings (SSSR count). The first-order valence-electron chi connectivity index (χ1n) is 21.1. The third-order valence-electron chi connectivity index (χ3n) is 9.74. The van der Waals surface area contributed by atoms with Crippen LogP contribution in [0.5, 0.6) is 0 Å². The molecule has 0 aliphatic carbocycles. The Morgan fingerprint density at radius 3 is 1.15 bits per heavy atom. The highest BCUT2D eigenvalue weighted by atomic mass is 16.7. The molecule has 0 amide bonds. The molecule has 1 aliphatic rings. The molecule has 0 aromatic rings. The van der Waals surface area contributed by atoms with Crippen LogP contribution in [0, 0.1) is 0 Å². The molecule has 47 heavy (non-hydrogen) atoms. The predicted octanol–water partition coefficient (Wildman–Crippen LogP) is 13.1. The summed E-state index contributed by atoms with van der Waals surface area (Å²) in [6.07, 6.45) is 47.0. The van der Waals surface area contributed by atoms with Gasteiger partial charge < -0.3 is 14.2 Å². The highest BCUT2D eigenvalue weighted by molar-refractivity contribution is 4.82. The molecule has 0 spiro atoms. The molecular formula is C43H83NO3. The van der Waals surface area contributed by atoms with Gasteiger partial charge in [0, 0.05) is 13.1 Å². The highest BCUT2D eigenvalue weighted by Crippen LogP contribution is 2.19. The monoisotopic (exact) mass is 662 g/mol. The van der Waals surface area contributed by atoms with Crippen LogP contribution in [-0.4, -0.2) is 56.7 Å². The number of nitrogens with zero attached hydrogens (tertiary/aromatic N) is 1. The highest BCUT2D eigenvalue weighted by Gasteiger charge is 2.29. The lowest BCUT2D eigenvalue weighted by Gasteiger charge is -2.37. The average molecular weight is 662 g/mol. The molecule has 0 saturated carbocycles. The van der Waals surface area contributed by atoms with E-state index in [4.69, 9.17) is 14.2 Å². The Balaban J connectivity index is 2.06. The van der Waals surface area contributed by atoms with Crippen molar-refractivity contribution in [2.24, 2.45) is 0 Å². The molecular weight excluding hydrogens is 578 g/mol. The van der Waals surface area contributed by atoms with Crippen molar-refractivity contribution in [3.05, 3.63) is 24.3 Å². The summed E-state index contributed by atoms with van der Waals surface area (Å²) < 4.78 is 18.5. The fraction of sp³-hybridized carbons (Fsp3) is 0.907. The van der Waals surface area contributed by atoms with Crippen LogP contribution < -0.4 is 0 Å². The number of hydrogen-bond donors (Lipinski definition) is 0. The van der Waals surface area contributed by atoms with Crippen LogP contribution in [0.15, 0.2) is 24.3 Å². The molecule has 0 N–H and O–H groups in total. The standard InChI is InChI=1S/C43H83NO3/c1-4-6-8-10-12-14-16-18-20-22-24-26-28-30-32-34-38-46-43(3,42-44-36-40-45-41-37-44)47-39-35-33-31-29-27-25-23-21-19-17-15-13-11-9-7-5-2/h18-21H,4-17,22-42H2,1-3H3/b20-18-,21-19-. The molecule has 1 heterocycles. The smallest absolute Gasteiger partial charge is 0.178 e. The topological polar surface area (TPSA) is 30.9 Å². The normalized spacial score (nSPS) is 14.7. The van der Waals surface area contributed by atoms with Gasteiger partial charge in [-0.15, -0.1) is 0 Å². The quantitative estimate of drug-likeness (QED) is 0.0380. The summed E-state index contributed by atoms with van der Waals surface area (Å²) in [5.41, 5.74) is 0. The lowest BCUT2D eigenvalue weighted by Crippen LogP contribution is -2.49. The van der Waals surface area contributed by atoms with Crippen molar-refractivity contribution in [1.29, 1.82) is 0 Å². The minimum absolute atomic E-state index is 0.513. The average Bonchev–Trinajstić information content (AvgIpc) is 3.08. The van der Waals surface area contributed by atoms with Gasteiger partial charge in [0.15, 0.2) is 5.79 Å². The van der Waals surface area contributed by atoms with Gasteiger partial charge >= 0.3 is 0 Å². The van der Waals surface area contributed by atoms with Crippen molar-refractivity contribution in [3.63, 3.8) is 0 Å². The Morgan fingerprint density at radius 2 is 0.787 bits per heavy atom. The molecule has 4 nitrogen and oxygen atoms in total. The summed E-state index contributed by atoms with van der Waals surface area (Å²) in [5, 5.41) is 0. The maximum absolute atomic E-state index is 6.46. The third-order valence-corrected chi connectivity index (χ3v) is 9.74. The summed E-state index contributed by atoms with van der Waals surface area (Å²) >= 11 is 0. The van der Waals surface area contributed by atoms with Gasteiger partial charge in [-0.3, -0.25) is 4.90 Å². The largest absolute Gasteiger partial charge is 0.379 e. The summed E-state index contributed by atoms with van der Waals surface area (Å²) in [7, 11) is 0. The van der Waals surface area contributed by atoms with Crippen LogP contribution in [0.3, 0.4) is 0 Å². The molecule has 4 heteroatoms. The van der Waals surface area contributed by atoms with E-state index in [9.17, 15) is 0 Å². The molecule has 0 radical (unpaired) electrons. The van der Waals surface area contributed by atoms with Crippen molar-refractivity contribution in [2.45, 2.75) is 206 Å². The number of rotatable bonds is 36. The Morgan fingerprint density at radius 1 is 0.468 bits per heavy atom. The van der Waals surface area contributed by atoms with Crippen LogP contribution >= 0.6 is 0 Å². The van der Waals surface area contributed by atoms with Crippen molar-refractivity contribution in [1.82, 2.24) is 4.90 Å². The summed E-state index contributed by atoms with van der Waals surface area (Å²) in [6, 6.07) is 0. The van der Waals surface area contributed by atoms with E-state index in [1.54, 1.807) is 0 Å². The summed E-state index contributed by atoms with van der Waals surface area (Å²) in [4.78, 5) is 2.45. The fourth-order valence-electron chi connectivity index (χ4n) is 6.57. The van der Waals surface area contributed by atoms with Crippen LogP contribution in [-0.2, 0) is 14.2 Å². The predicted molar refractivity (Wildman–Crippen MR) is 206 cm³/mol. The van der Waals surface area contributed by atoms with E-state index < -0.39 is 5.79 Å². The molecule has 1 aliphatic heterocycles. The number of hydrogen-bond acceptors (Lipinski definition) is 4. The first kappa shape index (κ1) is 44.3. The first-order chi connectivity index (χ1) is 23.2. The number of allylic oxidation sites excluding steroid dienone is 4. The van der Waals surface area contributed by atoms with Gasteiger partial charge in [0.05, 0.1) is 33.0 Å². The number of ether oxygens (including phenoxy) is 3. The van der Waals surface area contributed by atoms with Gasteiger partial charge in [0.1, 0.15) is 0 Å². The van der Waals surface area contributed by atoms with Crippen LogP contribution in [0.2, 0.25) is 0 Å². The number of unbranched alkanes of at least 4 members (excludes halogenated alkanes) is 24. The Bertz CT molecular complexity index is 628. The second kappa shape index (κ2) is 35.2. The van der Waals surface area contributed by atoms with Crippen molar-refractivity contribution in [2.75, 3.05) is 46.1 Å². The molecule has 0 aromatic heterocycles. The van der Waals surface area contributed by atoms with Gasteiger partial charge in [-0.2, -0.15) is 0 Å². The maximum Gasteiger partial charge on any atom is 0.178 e. The van der Waals surface area contributed by atoms with Gasteiger partial charge in [0.25, 0.3) is 0 Å². The SMILES string of the molecule is CCCCCCCC/C=C\CCCCCCCCOC(C)(CN1CCOCC1)OCCCCCCCC/C=C\CCCCCCCC. The molecule has 0 atom stereocenters. The van der Waals surface area contributed by atoms with E-state index >= 15 is 0 Å². The second-order valence-electron chi connectivity index (χ2n) is 14.6. The van der Waals surface area contributed by atoms with Gasteiger partial charge in [-0.05, 0) is 71.1 Å². The van der Waals surface area contributed by atoms with Gasteiger partial charge in [-0.25, -0.2) is 0 Å². The van der Waals surface area contributed by atoms with E-state index in [1.165, 1.54) is 167 Å². The van der Waals surface area contributed by atoms with E-state index in [0.29, 0.717) is 0 Å². The lowest BCUT2D eigenvalue weighted by molar-refractivity contribution is -0.237. The van der Waals surface area contributed by atoms with Crippen LogP contribution in [0.25, 0.3) is 0 Å². The van der Waals surface area contributed by atoms with Gasteiger partial charge in [-0.1, -0.05) is 154 Å². The summed E-state index contributed by atoms with van der Waals surface area (Å²) in [6.45, 7) is 12.8. The Hall–Kier alpha value is -0.680. The molecule has 0 aromatic carbocycles. The number of morpholine rings is 1. The van der Waals surface area contributed by atoms with Crippen molar-refractivity contribution in [3.8, 4) is 0 Å². The molecule has 1 saturated heterocycles. The van der Waals surface area contributed by atoms with E-state index in [2.05, 4.69) is 50.0 Å². The molecule has 0 bridgehead atoms. The zero-order valence-corrected chi connectivity index (χ0v) is 32.2. The zero-order chi connectivity index (χ0) is 33.8. The molecule has 1 fully saturated rings. The molecule has 278 valence electrons. The van der Waals surface area contributed by atoms with E-state index in [1.807, 2.05) is 0 Å². The van der Waals surface area contributed by atoms with Crippen LogP contribution in [0.4, 0.5) is 0 Å². The lowest BCUT2D eigenvalue weighted by atomic mass is 10.1. The van der Waals surface area contributed by atoms with Crippen LogP contribution in [0.1, 0.15) is 201 Å². The van der Waals surface area contributed by atoms with E-state index in [0.717, 1.165) is 58.9 Å². The Labute approximate surface area is 295 Å². The third kappa shape index (κ3) is 31.1. The van der Waals surface area contributed by atoms with E-state index in [-0.39, 0.29) is 0 Å². The first-order valence-corrected chi connectivity index (χ1v) is 21.1. The van der Waals surface area contributed by atoms with Gasteiger partial charge in [0.2, 0.25) is 0 Å². The minimum atomic E-state index is -0.513. The maximum atomic E-state index is 6.46.